The lowest BCUT2D eigenvalue weighted by atomic mass is 10.2. The SMILES string of the molecule is CCN(CCN(CCNCC(=O)O)CC(=O)O)CCN(CC(=O)O)Cc1ccc(C(=O)NCCCN)cn1. The Morgan fingerprint density at radius 1 is 0.868 bits per heavy atom. The number of hydrogen-bond donors (Lipinski definition) is 6. The predicted molar refractivity (Wildman–Crippen MR) is 140 cm³/mol. The Labute approximate surface area is 222 Å². The molecular weight excluding hydrogens is 498 g/mol. The molecule has 1 aromatic rings. The predicted octanol–water partition coefficient (Wildman–Crippen LogP) is -1.57. The number of nitrogens with zero attached hydrogens (tertiary/aromatic N) is 4. The molecule has 0 spiro atoms. The molecule has 0 aromatic carbocycles. The lowest BCUT2D eigenvalue weighted by molar-refractivity contribution is -0.139. The number of nitrogens with two attached hydrogens (primary N) is 1. The number of carbonyl (C=O) groups is 4. The van der Waals surface area contributed by atoms with Gasteiger partial charge >= 0.3 is 17.9 Å². The zero-order valence-corrected chi connectivity index (χ0v) is 22.0. The minimum absolute atomic E-state index is 0.163. The first kappa shape index (κ1) is 32.9. The summed E-state index contributed by atoms with van der Waals surface area (Å²) in [4.78, 5) is 55.3. The van der Waals surface area contributed by atoms with E-state index in [-0.39, 0.29) is 25.5 Å². The van der Waals surface area contributed by atoms with Gasteiger partial charge in [0, 0.05) is 58.6 Å². The lowest BCUT2D eigenvalue weighted by Gasteiger charge is -2.28. The molecule has 38 heavy (non-hydrogen) atoms. The van der Waals surface area contributed by atoms with E-state index in [4.69, 9.17) is 10.8 Å². The van der Waals surface area contributed by atoms with Crippen LogP contribution in [0.15, 0.2) is 18.3 Å². The molecule has 0 radical (unpaired) electrons. The van der Waals surface area contributed by atoms with Gasteiger partial charge in [-0.05, 0) is 31.6 Å². The molecule has 0 aliphatic rings. The molecule has 1 heterocycles. The number of amides is 1. The van der Waals surface area contributed by atoms with E-state index >= 15 is 0 Å². The van der Waals surface area contributed by atoms with Crippen molar-refractivity contribution in [1.82, 2.24) is 30.3 Å². The van der Waals surface area contributed by atoms with Crippen LogP contribution in [-0.4, -0.2) is 137 Å². The first-order valence-electron chi connectivity index (χ1n) is 12.6. The number of carboxylic acid groups (broad SMARTS) is 3. The van der Waals surface area contributed by atoms with Gasteiger partial charge in [0.1, 0.15) is 0 Å². The van der Waals surface area contributed by atoms with Gasteiger partial charge in [-0.2, -0.15) is 0 Å². The molecule has 14 heteroatoms. The molecule has 1 rings (SSSR count). The first-order valence-corrected chi connectivity index (χ1v) is 12.6. The number of aromatic nitrogens is 1. The van der Waals surface area contributed by atoms with Crippen molar-refractivity contribution in [3.05, 3.63) is 29.6 Å². The molecule has 0 aliphatic carbocycles. The number of nitrogens with one attached hydrogen (secondary N) is 2. The van der Waals surface area contributed by atoms with Gasteiger partial charge in [-0.15, -0.1) is 0 Å². The van der Waals surface area contributed by atoms with Crippen molar-refractivity contribution in [3.8, 4) is 0 Å². The second kappa shape index (κ2) is 19.0. The molecule has 7 N–H and O–H groups in total. The second-order valence-electron chi connectivity index (χ2n) is 8.72. The fraction of sp³-hybridized carbons (Fsp3) is 0.625. The summed E-state index contributed by atoms with van der Waals surface area (Å²) in [6, 6.07) is 3.35. The first-order chi connectivity index (χ1) is 18.1. The number of aliphatic carboxylic acids is 3. The smallest absolute Gasteiger partial charge is 0.317 e. The van der Waals surface area contributed by atoms with Crippen LogP contribution in [0.2, 0.25) is 0 Å². The molecule has 0 unspecified atom stereocenters. The van der Waals surface area contributed by atoms with Crippen LogP contribution in [0, 0.1) is 0 Å². The molecule has 214 valence electrons. The summed E-state index contributed by atoms with van der Waals surface area (Å²) in [6.07, 6.45) is 2.14. The molecule has 0 aliphatic heterocycles. The minimum Gasteiger partial charge on any atom is -0.480 e. The molecule has 1 aromatic heterocycles. The van der Waals surface area contributed by atoms with E-state index in [1.165, 1.54) is 6.20 Å². The van der Waals surface area contributed by atoms with E-state index in [9.17, 15) is 29.4 Å². The molecular formula is C24H41N7O7. The van der Waals surface area contributed by atoms with Gasteiger partial charge in [0.15, 0.2) is 0 Å². The van der Waals surface area contributed by atoms with Crippen LogP contribution in [0.5, 0.6) is 0 Å². The maximum atomic E-state index is 12.1. The van der Waals surface area contributed by atoms with E-state index in [0.29, 0.717) is 83.1 Å². The Bertz CT molecular complexity index is 870. The fourth-order valence-corrected chi connectivity index (χ4v) is 3.58. The molecule has 0 saturated heterocycles. The van der Waals surface area contributed by atoms with Crippen molar-refractivity contribution in [3.63, 3.8) is 0 Å². The number of pyridine rings is 1. The van der Waals surface area contributed by atoms with E-state index in [1.807, 2.05) is 6.92 Å². The molecule has 0 atom stereocenters. The van der Waals surface area contributed by atoms with Crippen LogP contribution in [0.25, 0.3) is 0 Å². The van der Waals surface area contributed by atoms with Crippen LogP contribution in [-0.2, 0) is 20.9 Å². The average Bonchev–Trinajstić information content (AvgIpc) is 2.86. The largest absolute Gasteiger partial charge is 0.480 e. The third kappa shape index (κ3) is 15.2. The molecule has 0 bridgehead atoms. The van der Waals surface area contributed by atoms with Gasteiger partial charge in [0.25, 0.3) is 5.91 Å². The summed E-state index contributed by atoms with van der Waals surface area (Å²) in [7, 11) is 0. The highest BCUT2D eigenvalue weighted by Crippen LogP contribution is 2.05. The zero-order chi connectivity index (χ0) is 28.3. The van der Waals surface area contributed by atoms with Crippen LogP contribution >= 0.6 is 0 Å². The summed E-state index contributed by atoms with van der Waals surface area (Å²) >= 11 is 0. The van der Waals surface area contributed by atoms with Gasteiger partial charge in [-0.3, -0.25) is 34.0 Å². The summed E-state index contributed by atoms with van der Waals surface area (Å²) in [5, 5.41) is 32.8. The summed E-state index contributed by atoms with van der Waals surface area (Å²) in [6.45, 7) is 6.14. The molecule has 0 saturated carbocycles. The summed E-state index contributed by atoms with van der Waals surface area (Å²) in [5.41, 5.74) is 6.48. The van der Waals surface area contributed by atoms with Crippen LogP contribution in [0.1, 0.15) is 29.4 Å². The highest BCUT2D eigenvalue weighted by atomic mass is 16.4. The van der Waals surface area contributed by atoms with Crippen molar-refractivity contribution in [2.45, 2.75) is 19.9 Å². The van der Waals surface area contributed by atoms with Crippen LogP contribution in [0.4, 0.5) is 0 Å². The van der Waals surface area contributed by atoms with Gasteiger partial charge in [-0.1, -0.05) is 6.92 Å². The van der Waals surface area contributed by atoms with Crippen LogP contribution in [0.3, 0.4) is 0 Å². The Balaban J connectivity index is 2.64. The number of carboxylic acids is 3. The van der Waals surface area contributed by atoms with Gasteiger partial charge < -0.3 is 36.6 Å². The van der Waals surface area contributed by atoms with Crippen molar-refractivity contribution < 1.29 is 34.5 Å². The van der Waals surface area contributed by atoms with Crippen LogP contribution < -0.4 is 16.4 Å². The maximum absolute atomic E-state index is 12.1. The Morgan fingerprint density at radius 3 is 2.05 bits per heavy atom. The van der Waals surface area contributed by atoms with E-state index < -0.39 is 17.9 Å². The number of carbonyl (C=O) groups excluding carboxylic acids is 1. The highest BCUT2D eigenvalue weighted by molar-refractivity contribution is 5.93. The van der Waals surface area contributed by atoms with Crippen molar-refractivity contribution in [1.29, 1.82) is 0 Å². The molecule has 14 nitrogen and oxygen atoms in total. The Morgan fingerprint density at radius 2 is 1.50 bits per heavy atom. The standard InChI is InChI=1S/C24H41N7O7/c1-2-29(10-12-30(17-22(34)35)9-8-26-15-21(32)33)11-13-31(18-23(36)37)16-20-5-4-19(14-28-20)24(38)27-7-3-6-25/h4-5,14,26H,2-3,6-13,15-18,25H2,1H3,(H,27,38)(H,32,33)(H,34,35)(H,36,37). The normalized spacial score (nSPS) is 11.3. The van der Waals surface area contributed by atoms with Crippen molar-refractivity contribution >= 4 is 23.8 Å². The maximum Gasteiger partial charge on any atom is 0.317 e. The zero-order valence-electron chi connectivity index (χ0n) is 22.0. The average molecular weight is 540 g/mol. The molecule has 1 amide bonds. The highest BCUT2D eigenvalue weighted by Gasteiger charge is 2.16. The number of hydrogen-bond acceptors (Lipinski definition) is 10. The summed E-state index contributed by atoms with van der Waals surface area (Å²) in [5.74, 6) is -3.16. The van der Waals surface area contributed by atoms with E-state index in [2.05, 4.69) is 20.5 Å². The van der Waals surface area contributed by atoms with Gasteiger partial charge in [0.05, 0.1) is 30.9 Å². The lowest BCUT2D eigenvalue weighted by Crippen LogP contribution is -2.43. The van der Waals surface area contributed by atoms with Crippen molar-refractivity contribution in [2.75, 3.05) is 78.5 Å². The quantitative estimate of drug-likeness (QED) is 0.0924. The van der Waals surface area contributed by atoms with E-state index in [1.54, 1.807) is 21.9 Å². The van der Waals surface area contributed by atoms with Crippen molar-refractivity contribution in [2.24, 2.45) is 5.73 Å². The second-order valence-corrected chi connectivity index (χ2v) is 8.72. The third-order valence-electron chi connectivity index (χ3n) is 5.65. The number of likely N-dealkylation sites (N-methyl/N-ethyl adjacent to an activating group) is 1. The van der Waals surface area contributed by atoms with Gasteiger partial charge in [0.2, 0.25) is 0 Å². The van der Waals surface area contributed by atoms with E-state index in [0.717, 1.165) is 0 Å². The topological polar surface area (TPSA) is 202 Å². The molecule has 0 fully saturated rings. The monoisotopic (exact) mass is 539 g/mol. The minimum atomic E-state index is -0.979. The Kier molecular flexibility index (Phi) is 16.4. The Hall–Kier alpha value is -3.17. The number of rotatable bonds is 22. The third-order valence-corrected chi connectivity index (χ3v) is 5.65. The summed E-state index contributed by atoms with van der Waals surface area (Å²) < 4.78 is 0. The van der Waals surface area contributed by atoms with Gasteiger partial charge in [-0.25, -0.2) is 0 Å². The fourth-order valence-electron chi connectivity index (χ4n) is 3.58.